The fourth-order valence-corrected chi connectivity index (χ4v) is 4.43. The molecule has 0 saturated heterocycles. The van der Waals surface area contributed by atoms with Gasteiger partial charge < -0.3 is 23.5 Å². The minimum Gasteiger partial charge on any atom is -0.490 e. The number of aromatic nitrogens is 1. The number of fused-ring (bicyclic) bond motifs is 1. The summed E-state index contributed by atoms with van der Waals surface area (Å²) in [5.41, 5.74) is 0.0832. The maximum Gasteiger partial charge on any atom is 0.326 e. The lowest BCUT2D eigenvalue weighted by Gasteiger charge is -2.16. The molecule has 0 atom stereocenters. The Balaban J connectivity index is 2.17. The third kappa shape index (κ3) is 5.97. The van der Waals surface area contributed by atoms with Crippen LogP contribution in [0.25, 0.3) is 10.2 Å². The van der Waals surface area contributed by atoms with Gasteiger partial charge in [0.15, 0.2) is 22.1 Å². The number of esters is 1. The standard InChI is InChI=1S/C24H26F2N2O6S/c1-5-31-17-9-14(10-18(32-6-2)22(17)34-8-4)23(30)27-24-28(13-20(29)33-7-3)21-16(26)11-15(25)12-19(21)35-24/h9-12H,5-8,13H2,1-4H3. The average Bonchev–Trinajstić information content (AvgIpc) is 3.12. The Labute approximate surface area is 204 Å². The van der Waals surface area contributed by atoms with Crippen LogP contribution in [-0.2, 0) is 16.1 Å². The number of benzene rings is 2. The van der Waals surface area contributed by atoms with E-state index in [-0.39, 0.29) is 27.2 Å². The zero-order valence-electron chi connectivity index (χ0n) is 19.9. The molecule has 0 fully saturated rings. The smallest absolute Gasteiger partial charge is 0.326 e. The Kier molecular flexibility index (Phi) is 8.80. The predicted molar refractivity (Wildman–Crippen MR) is 126 cm³/mol. The maximum absolute atomic E-state index is 14.6. The molecule has 0 aliphatic heterocycles. The number of carbonyl (C=O) groups is 2. The van der Waals surface area contributed by atoms with Gasteiger partial charge in [0.05, 0.1) is 36.6 Å². The Bertz CT molecular complexity index is 1270. The number of carbonyl (C=O) groups excluding carboxylic acids is 2. The quantitative estimate of drug-likeness (QED) is 0.375. The van der Waals surface area contributed by atoms with Gasteiger partial charge in [0.2, 0.25) is 5.75 Å². The third-order valence-electron chi connectivity index (χ3n) is 4.64. The van der Waals surface area contributed by atoms with E-state index in [1.165, 1.54) is 16.7 Å². The van der Waals surface area contributed by atoms with Gasteiger partial charge in [-0.15, -0.1) is 0 Å². The highest BCUT2D eigenvalue weighted by Crippen LogP contribution is 2.39. The molecular formula is C24H26F2N2O6S. The SMILES string of the molecule is CCOC(=O)Cn1c(=NC(=O)c2cc(OCC)c(OCC)c(OCC)c2)sc2cc(F)cc(F)c21. The molecule has 8 nitrogen and oxygen atoms in total. The third-order valence-corrected chi connectivity index (χ3v) is 5.67. The zero-order valence-corrected chi connectivity index (χ0v) is 20.7. The second kappa shape index (κ2) is 11.8. The van der Waals surface area contributed by atoms with Crippen LogP contribution in [0.4, 0.5) is 8.78 Å². The molecule has 0 aliphatic rings. The van der Waals surface area contributed by atoms with Crippen molar-refractivity contribution in [2.75, 3.05) is 26.4 Å². The van der Waals surface area contributed by atoms with Gasteiger partial charge in [0, 0.05) is 11.6 Å². The van der Waals surface area contributed by atoms with Gasteiger partial charge in [-0.3, -0.25) is 9.59 Å². The monoisotopic (exact) mass is 508 g/mol. The van der Waals surface area contributed by atoms with Crippen LogP contribution in [0.2, 0.25) is 0 Å². The molecule has 3 aromatic rings. The molecule has 0 saturated carbocycles. The van der Waals surface area contributed by atoms with E-state index in [1.54, 1.807) is 20.8 Å². The molecule has 35 heavy (non-hydrogen) atoms. The highest BCUT2D eigenvalue weighted by atomic mass is 32.1. The second-order valence-electron chi connectivity index (χ2n) is 7.03. The first-order valence-electron chi connectivity index (χ1n) is 11.1. The van der Waals surface area contributed by atoms with E-state index < -0.39 is 30.1 Å². The number of amides is 1. The number of rotatable bonds is 10. The maximum atomic E-state index is 14.6. The second-order valence-corrected chi connectivity index (χ2v) is 8.04. The van der Waals surface area contributed by atoms with Crippen molar-refractivity contribution in [2.24, 2.45) is 4.99 Å². The summed E-state index contributed by atoms with van der Waals surface area (Å²) < 4.78 is 51.7. The largest absolute Gasteiger partial charge is 0.490 e. The summed E-state index contributed by atoms with van der Waals surface area (Å²) in [6.45, 7) is 7.74. The van der Waals surface area contributed by atoms with Crippen LogP contribution in [0.3, 0.4) is 0 Å². The van der Waals surface area contributed by atoms with Gasteiger partial charge in [0.25, 0.3) is 5.91 Å². The van der Waals surface area contributed by atoms with Gasteiger partial charge in [-0.2, -0.15) is 4.99 Å². The number of hydrogen-bond donors (Lipinski definition) is 0. The summed E-state index contributed by atoms with van der Waals surface area (Å²) in [6.07, 6.45) is 0. The first-order valence-corrected chi connectivity index (χ1v) is 11.9. The van der Waals surface area contributed by atoms with Crippen molar-refractivity contribution in [1.29, 1.82) is 0 Å². The molecule has 0 radical (unpaired) electrons. The van der Waals surface area contributed by atoms with Crippen molar-refractivity contribution >= 4 is 33.4 Å². The fraction of sp³-hybridized carbons (Fsp3) is 0.375. The van der Waals surface area contributed by atoms with Crippen molar-refractivity contribution in [3.63, 3.8) is 0 Å². The van der Waals surface area contributed by atoms with Crippen LogP contribution >= 0.6 is 11.3 Å². The summed E-state index contributed by atoms with van der Waals surface area (Å²) in [4.78, 5) is 29.5. The van der Waals surface area contributed by atoms with Gasteiger partial charge in [-0.05, 0) is 45.9 Å². The summed E-state index contributed by atoms with van der Waals surface area (Å²) in [5, 5.41) is 0. The molecule has 1 amide bonds. The Morgan fingerprint density at radius 2 is 1.54 bits per heavy atom. The van der Waals surface area contributed by atoms with Crippen LogP contribution in [0.1, 0.15) is 38.1 Å². The minimum atomic E-state index is -0.882. The fourth-order valence-electron chi connectivity index (χ4n) is 3.36. The zero-order chi connectivity index (χ0) is 25.5. The van der Waals surface area contributed by atoms with Gasteiger partial charge in [0.1, 0.15) is 12.4 Å². The average molecular weight is 509 g/mol. The molecule has 188 valence electrons. The number of hydrogen-bond acceptors (Lipinski definition) is 7. The Morgan fingerprint density at radius 3 is 2.11 bits per heavy atom. The lowest BCUT2D eigenvalue weighted by Crippen LogP contribution is -2.23. The van der Waals surface area contributed by atoms with Crippen molar-refractivity contribution in [3.05, 3.63) is 46.3 Å². The van der Waals surface area contributed by atoms with E-state index in [2.05, 4.69) is 4.99 Å². The van der Waals surface area contributed by atoms with Crippen LogP contribution < -0.4 is 19.0 Å². The molecule has 1 heterocycles. The molecule has 2 aromatic carbocycles. The van der Waals surface area contributed by atoms with Crippen molar-refractivity contribution in [1.82, 2.24) is 4.57 Å². The molecule has 0 spiro atoms. The van der Waals surface area contributed by atoms with Crippen LogP contribution in [0.5, 0.6) is 17.2 Å². The van der Waals surface area contributed by atoms with Crippen molar-refractivity contribution < 1.29 is 37.3 Å². The first-order chi connectivity index (χ1) is 16.8. The lowest BCUT2D eigenvalue weighted by atomic mass is 10.1. The van der Waals surface area contributed by atoms with Crippen molar-refractivity contribution in [3.8, 4) is 17.2 Å². The van der Waals surface area contributed by atoms with Gasteiger partial charge in [-0.1, -0.05) is 11.3 Å². The summed E-state index contributed by atoms with van der Waals surface area (Å²) in [5.74, 6) is -2.03. The topological polar surface area (TPSA) is 88.4 Å². The van der Waals surface area contributed by atoms with E-state index in [9.17, 15) is 18.4 Å². The summed E-state index contributed by atoms with van der Waals surface area (Å²) in [7, 11) is 0. The van der Waals surface area contributed by atoms with Crippen LogP contribution in [0.15, 0.2) is 29.3 Å². The number of nitrogens with zero attached hydrogens (tertiary/aromatic N) is 2. The minimum absolute atomic E-state index is 0.00681. The van der Waals surface area contributed by atoms with E-state index in [4.69, 9.17) is 18.9 Å². The predicted octanol–water partition coefficient (Wildman–Crippen LogP) is 4.48. The normalized spacial score (nSPS) is 11.5. The molecule has 0 aliphatic carbocycles. The summed E-state index contributed by atoms with van der Waals surface area (Å²) in [6, 6.07) is 4.78. The first kappa shape index (κ1) is 26.1. The van der Waals surface area contributed by atoms with Crippen molar-refractivity contribution in [2.45, 2.75) is 34.2 Å². The molecule has 0 unspecified atom stereocenters. The molecule has 1 aromatic heterocycles. The lowest BCUT2D eigenvalue weighted by molar-refractivity contribution is -0.143. The van der Waals surface area contributed by atoms with E-state index >= 15 is 0 Å². The highest BCUT2D eigenvalue weighted by molar-refractivity contribution is 7.16. The van der Waals surface area contributed by atoms with Crippen LogP contribution in [-0.4, -0.2) is 42.9 Å². The van der Waals surface area contributed by atoms with Gasteiger partial charge >= 0.3 is 5.97 Å². The molecule has 0 bridgehead atoms. The molecule has 3 rings (SSSR count). The molecular weight excluding hydrogens is 482 g/mol. The van der Waals surface area contributed by atoms with E-state index in [0.717, 1.165) is 17.4 Å². The number of halogens is 2. The Morgan fingerprint density at radius 1 is 0.914 bits per heavy atom. The van der Waals surface area contributed by atoms with Crippen LogP contribution in [0, 0.1) is 11.6 Å². The molecule has 0 N–H and O–H groups in total. The Hall–Kier alpha value is -3.47. The van der Waals surface area contributed by atoms with E-state index in [1.807, 2.05) is 6.92 Å². The molecule has 11 heteroatoms. The van der Waals surface area contributed by atoms with E-state index in [0.29, 0.717) is 43.1 Å². The number of thiazole rings is 1. The summed E-state index contributed by atoms with van der Waals surface area (Å²) >= 11 is 0.876. The number of ether oxygens (including phenoxy) is 4. The van der Waals surface area contributed by atoms with Gasteiger partial charge in [-0.25, -0.2) is 8.78 Å². The highest BCUT2D eigenvalue weighted by Gasteiger charge is 2.20.